The summed E-state index contributed by atoms with van der Waals surface area (Å²) in [6, 6.07) is 0. The molecule has 150 valence electrons. The summed E-state index contributed by atoms with van der Waals surface area (Å²) in [7, 11) is 5.47. The number of amides is 1. The highest BCUT2D eigenvalue weighted by molar-refractivity contribution is 5.85. The van der Waals surface area contributed by atoms with E-state index in [1.165, 1.54) is 38.5 Å². The van der Waals surface area contributed by atoms with Gasteiger partial charge < -0.3 is 20.3 Å². The molecule has 2 fully saturated rings. The third-order valence-corrected chi connectivity index (χ3v) is 5.79. The number of hydrogen-bond donors (Lipinski definition) is 2. The predicted molar refractivity (Wildman–Crippen MR) is 106 cm³/mol. The Morgan fingerprint density at radius 3 is 2.31 bits per heavy atom. The van der Waals surface area contributed by atoms with Crippen LogP contribution in [0.4, 0.5) is 0 Å². The van der Waals surface area contributed by atoms with Crippen LogP contribution in [0.15, 0.2) is 4.99 Å². The highest BCUT2D eigenvalue weighted by Crippen LogP contribution is 2.38. The summed E-state index contributed by atoms with van der Waals surface area (Å²) >= 11 is 0. The van der Waals surface area contributed by atoms with Crippen LogP contribution in [-0.4, -0.2) is 63.7 Å². The smallest absolute Gasteiger partial charge is 0.230 e. The van der Waals surface area contributed by atoms with E-state index < -0.39 is 0 Å². The zero-order chi connectivity index (χ0) is 18.8. The van der Waals surface area contributed by atoms with E-state index in [1.807, 2.05) is 14.1 Å². The summed E-state index contributed by atoms with van der Waals surface area (Å²) in [6.45, 7) is 2.09. The third-order valence-electron chi connectivity index (χ3n) is 5.79. The van der Waals surface area contributed by atoms with Crippen molar-refractivity contribution in [1.82, 2.24) is 15.5 Å². The first-order chi connectivity index (χ1) is 12.6. The van der Waals surface area contributed by atoms with E-state index in [0.29, 0.717) is 19.3 Å². The summed E-state index contributed by atoms with van der Waals surface area (Å²) in [5.74, 6) is 0.988. The van der Waals surface area contributed by atoms with Crippen molar-refractivity contribution in [3.8, 4) is 0 Å². The molecule has 0 unspecified atom stereocenters. The Labute approximate surface area is 159 Å². The van der Waals surface area contributed by atoms with E-state index >= 15 is 0 Å². The lowest BCUT2D eigenvalue weighted by Crippen LogP contribution is -2.49. The minimum Gasteiger partial charge on any atom is -0.376 e. The molecule has 2 aliphatic rings. The number of ether oxygens (including phenoxy) is 1. The van der Waals surface area contributed by atoms with Crippen molar-refractivity contribution < 1.29 is 9.53 Å². The molecule has 0 aromatic heterocycles. The van der Waals surface area contributed by atoms with Gasteiger partial charge in [-0.25, -0.2) is 0 Å². The molecular formula is C20H38N4O2. The number of guanidine groups is 1. The van der Waals surface area contributed by atoms with Gasteiger partial charge in [-0.3, -0.25) is 9.79 Å². The number of hydrogen-bond acceptors (Lipinski definition) is 3. The number of nitrogens with one attached hydrogen (secondary N) is 2. The lowest BCUT2D eigenvalue weighted by Gasteiger charge is -2.31. The number of aliphatic imine (C=N–C) groups is 1. The topological polar surface area (TPSA) is 66.0 Å². The zero-order valence-corrected chi connectivity index (χ0v) is 17.0. The van der Waals surface area contributed by atoms with Crippen LogP contribution in [0.1, 0.15) is 64.2 Å². The van der Waals surface area contributed by atoms with Crippen molar-refractivity contribution in [3.63, 3.8) is 0 Å². The molecule has 0 aromatic rings. The molecule has 0 spiro atoms. The van der Waals surface area contributed by atoms with Gasteiger partial charge in [0.2, 0.25) is 5.91 Å². The van der Waals surface area contributed by atoms with Crippen molar-refractivity contribution in [2.24, 2.45) is 10.4 Å². The second-order valence-electron chi connectivity index (χ2n) is 8.02. The van der Waals surface area contributed by atoms with E-state index in [1.54, 1.807) is 11.9 Å². The van der Waals surface area contributed by atoms with Crippen molar-refractivity contribution in [2.75, 3.05) is 40.8 Å². The lowest BCUT2D eigenvalue weighted by atomic mass is 9.84. The molecule has 0 heterocycles. The molecule has 0 bridgehead atoms. The van der Waals surface area contributed by atoms with Crippen LogP contribution in [0.2, 0.25) is 0 Å². The molecule has 2 N–H and O–H groups in total. The summed E-state index contributed by atoms with van der Waals surface area (Å²) < 4.78 is 6.02. The third kappa shape index (κ3) is 6.15. The van der Waals surface area contributed by atoms with Crippen molar-refractivity contribution in [1.29, 1.82) is 0 Å². The quantitative estimate of drug-likeness (QED) is 0.314. The average Bonchev–Trinajstić information content (AvgIpc) is 2.97. The first-order valence-electron chi connectivity index (χ1n) is 10.4. The summed E-state index contributed by atoms with van der Waals surface area (Å²) in [6.07, 6.45) is 12.3. The molecule has 0 radical (unpaired) electrons. The zero-order valence-electron chi connectivity index (χ0n) is 17.0. The Kier molecular flexibility index (Phi) is 8.69. The van der Waals surface area contributed by atoms with E-state index in [0.717, 1.165) is 38.2 Å². The Balaban J connectivity index is 1.72. The molecule has 6 heteroatoms. The molecule has 0 atom stereocenters. The van der Waals surface area contributed by atoms with Gasteiger partial charge in [0, 0.05) is 34.2 Å². The second-order valence-corrected chi connectivity index (χ2v) is 8.02. The van der Waals surface area contributed by atoms with Crippen LogP contribution in [0.3, 0.4) is 0 Å². The van der Waals surface area contributed by atoms with Gasteiger partial charge in [0.05, 0.1) is 18.1 Å². The summed E-state index contributed by atoms with van der Waals surface area (Å²) in [4.78, 5) is 18.7. The average molecular weight is 367 g/mol. The second kappa shape index (κ2) is 10.8. The minimum absolute atomic E-state index is 0.231. The van der Waals surface area contributed by atoms with Crippen LogP contribution in [0.25, 0.3) is 0 Å². The summed E-state index contributed by atoms with van der Waals surface area (Å²) in [5, 5.41) is 6.70. The van der Waals surface area contributed by atoms with Crippen LogP contribution >= 0.6 is 0 Å². The van der Waals surface area contributed by atoms with Gasteiger partial charge in [0.25, 0.3) is 0 Å². The maximum atomic E-state index is 12.6. The standard InChI is InChI=1S/C20H38N4O2/c1-21-19(22-14-15-26-17-10-6-4-5-7-11-17)23-16-20(12-8-9-13-20)18(25)24(2)3/h17H,4-16H2,1-3H3,(H2,21,22,23). The molecular weight excluding hydrogens is 328 g/mol. The largest absolute Gasteiger partial charge is 0.376 e. The monoisotopic (exact) mass is 366 g/mol. The Bertz CT molecular complexity index is 451. The molecule has 0 saturated heterocycles. The molecule has 0 aliphatic heterocycles. The number of rotatable bonds is 7. The fraction of sp³-hybridized carbons (Fsp3) is 0.900. The molecule has 0 aromatic carbocycles. The van der Waals surface area contributed by atoms with E-state index in [-0.39, 0.29) is 11.3 Å². The maximum absolute atomic E-state index is 12.6. The van der Waals surface area contributed by atoms with Gasteiger partial charge in [-0.1, -0.05) is 38.5 Å². The summed E-state index contributed by atoms with van der Waals surface area (Å²) in [5.41, 5.74) is -0.280. The fourth-order valence-electron chi connectivity index (χ4n) is 4.27. The number of carbonyl (C=O) groups is 1. The van der Waals surface area contributed by atoms with Crippen LogP contribution in [0, 0.1) is 5.41 Å². The van der Waals surface area contributed by atoms with Gasteiger partial charge >= 0.3 is 0 Å². The van der Waals surface area contributed by atoms with Gasteiger partial charge in [-0.05, 0) is 25.7 Å². The van der Waals surface area contributed by atoms with E-state index in [2.05, 4.69) is 15.6 Å². The highest BCUT2D eigenvalue weighted by Gasteiger charge is 2.42. The SMILES string of the molecule is CN=C(NCCOC1CCCCCC1)NCC1(C(=O)N(C)C)CCCC1. The predicted octanol–water partition coefficient (Wildman–Crippen LogP) is 2.54. The fourth-order valence-corrected chi connectivity index (χ4v) is 4.27. The first-order valence-corrected chi connectivity index (χ1v) is 10.4. The van der Waals surface area contributed by atoms with Gasteiger partial charge in [0.15, 0.2) is 5.96 Å². The normalized spacial score (nSPS) is 21.3. The van der Waals surface area contributed by atoms with Crippen LogP contribution < -0.4 is 10.6 Å². The van der Waals surface area contributed by atoms with Crippen molar-refractivity contribution >= 4 is 11.9 Å². The van der Waals surface area contributed by atoms with Crippen molar-refractivity contribution in [2.45, 2.75) is 70.3 Å². The minimum atomic E-state index is -0.280. The molecule has 2 rings (SSSR count). The number of carbonyl (C=O) groups excluding carboxylic acids is 1. The van der Waals surface area contributed by atoms with Gasteiger partial charge in [0.1, 0.15) is 0 Å². The van der Waals surface area contributed by atoms with Gasteiger partial charge in [-0.15, -0.1) is 0 Å². The lowest BCUT2D eigenvalue weighted by molar-refractivity contribution is -0.138. The Morgan fingerprint density at radius 1 is 1.08 bits per heavy atom. The van der Waals surface area contributed by atoms with E-state index in [9.17, 15) is 4.79 Å². The van der Waals surface area contributed by atoms with Crippen LogP contribution in [-0.2, 0) is 9.53 Å². The van der Waals surface area contributed by atoms with E-state index in [4.69, 9.17) is 4.74 Å². The maximum Gasteiger partial charge on any atom is 0.230 e. The number of nitrogens with zero attached hydrogens (tertiary/aromatic N) is 2. The molecule has 6 nitrogen and oxygen atoms in total. The molecule has 2 saturated carbocycles. The van der Waals surface area contributed by atoms with Crippen LogP contribution in [0.5, 0.6) is 0 Å². The van der Waals surface area contributed by atoms with Gasteiger partial charge in [-0.2, -0.15) is 0 Å². The molecule has 2 aliphatic carbocycles. The molecule has 26 heavy (non-hydrogen) atoms. The highest BCUT2D eigenvalue weighted by atomic mass is 16.5. The Morgan fingerprint density at radius 2 is 1.73 bits per heavy atom. The van der Waals surface area contributed by atoms with Crippen molar-refractivity contribution in [3.05, 3.63) is 0 Å². The first kappa shape index (κ1) is 21.0. The Hall–Kier alpha value is -1.30. The molecule has 1 amide bonds.